The van der Waals surface area contributed by atoms with Crippen LogP contribution in [0, 0.1) is 5.82 Å². The first-order valence-corrected chi connectivity index (χ1v) is 10.1. The molecule has 1 spiro atoms. The lowest BCUT2D eigenvalue weighted by atomic mass is 9.85. The highest BCUT2D eigenvalue weighted by Crippen LogP contribution is 2.40. The summed E-state index contributed by atoms with van der Waals surface area (Å²) in [5, 5.41) is 4.64. The first kappa shape index (κ1) is 18.9. The molecular formula is C22H22FN5O2. The van der Waals surface area contributed by atoms with Gasteiger partial charge in [0, 0.05) is 31.2 Å². The van der Waals surface area contributed by atoms with E-state index in [1.165, 1.54) is 10.7 Å². The smallest absolute Gasteiger partial charge is 0.298 e. The molecule has 0 unspecified atom stereocenters. The molecule has 0 N–H and O–H groups in total. The number of hydrogen-bond acceptors (Lipinski definition) is 5. The van der Waals surface area contributed by atoms with Crippen LogP contribution in [-0.4, -0.2) is 37.3 Å². The van der Waals surface area contributed by atoms with Crippen molar-refractivity contribution in [2.75, 3.05) is 13.1 Å². The predicted molar refractivity (Wildman–Crippen MR) is 109 cm³/mol. The van der Waals surface area contributed by atoms with Crippen LogP contribution >= 0.6 is 0 Å². The molecule has 2 aliphatic rings. The lowest BCUT2D eigenvalue weighted by Gasteiger charge is -2.24. The van der Waals surface area contributed by atoms with Gasteiger partial charge in [0.1, 0.15) is 11.6 Å². The SMILES string of the molecule is O=c1c(=O)n2c(nn1Cc1ccccn1)[C@]1(CCN(Cc3cccc(F)c3)C1)CC2. The molecule has 30 heavy (non-hydrogen) atoms. The molecule has 1 aromatic carbocycles. The summed E-state index contributed by atoms with van der Waals surface area (Å²) >= 11 is 0. The summed E-state index contributed by atoms with van der Waals surface area (Å²) in [4.78, 5) is 31.8. The molecule has 0 amide bonds. The number of pyridine rings is 1. The highest BCUT2D eigenvalue weighted by Gasteiger charge is 2.47. The van der Waals surface area contributed by atoms with Crippen molar-refractivity contribution < 1.29 is 4.39 Å². The molecule has 1 atom stereocenters. The van der Waals surface area contributed by atoms with Crippen LogP contribution in [0.3, 0.4) is 0 Å². The van der Waals surface area contributed by atoms with Crippen molar-refractivity contribution in [1.82, 2.24) is 24.2 Å². The first-order valence-electron chi connectivity index (χ1n) is 10.1. The van der Waals surface area contributed by atoms with Crippen LogP contribution in [0.15, 0.2) is 58.3 Å². The van der Waals surface area contributed by atoms with Gasteiger partial charge in [-0.05, 0) is 49.2 Å². The minimum Gasteiger partial charge on any atom is -0.298 e. The predicted octanol–water partition coefficient (Wildman–Crippen LogP) is 1.53. The zero-order chi connectivity index (χ0) is 20.7. The average Bonchev–Trinajstić information content (AvgIpc) is 3.31. The maximum Gasteiger partial charge on any atom is 0.332 e. The molecule has 0 aliphatic carbocycles. The second-order valence-corrected chi connectivity index (χ2v) is 8.19. The summed E-state index contributed by atoms with van der Waals surface area (Å²) in [5.74, 6) is 0.448. The van der Waals surface area contributed by atoms with Crippen LogP contribution in [0.25, 0.3) is 0 Å². The maximum absolute atomic E-state index is 13.5. The van der Waals surface area contributed by atoms with E-state index in [-0.39, 0.29) is 17.8 Å². The molecular weight excluding hydrogens is 385 g/mol. The van der Waals surface area contributed by atoms with Crippen molar-refractivity contribution in [3.63, 3.8) is 0 Å². The van der Waals surface area contributed by atoms with Crippen LogP contribution in [0.5, 0.6) is 0 Å². The fourth-order valence-corrected chi connectivity index (χ4v) is 4.70. The van der Waals surface area contributed by atoms with Crippen molar-refractivity contribution in [3.05, 3.63) is 92.3 Å². The van der Waals surface area contributed by atoms with Gasteiger partial charge < -0.3 is 0 Å². The van der Waals surface area contributed by atoms with E-state index >= 15 is 0 Å². The maximum atomic E-state index is 13.5. The van der Waals surface area contributed by atoms with Gasteiger partial charge in [0.25, 0.3) is 0 Å². The second-order valence-electron chi connectivity index (χ2n) is 8.19. The Morgan fingerprint density at radius 2 is 1.87 bits per heavy atom. The Kier molecular flexibility index (Phi) is 4.58. The van der Waals surface area contributed by atoms with Crippen molar-refractivity contribution in [2.45, 2.75) is 37.9 Å². The van der Waals surface area contributed by atoms with Gasteiger partial charge in [-0.15, -0.1) is 0 Å². The topological polar surface area (TPSA) is 73.0 Å². The number of hydrogen-bond donors (Lipinski definition) is 0. The molecule has 2 aromatic heterocycles. The number of likely N-dealkylation sites (tertiary alicyclic amines) is 1. The van der Waals surface area contributed by atoms with Gasteiger partial charge in [-0.1, -0.05) is 18.2 Å². The molecule has 8 heteroatoms. The summed E-state index contributed by atoms with van der Waals surface area (Å²) < 4.78 is 16.3. The average molecular weight is 407 g/mol. The summed E-state index contributed by atoms with van der Waals surface area (Å²) in [6.07, 6.45) is 3.29. The molecule has 1 saturated heterocycles. The van der Waals surface area contributed by atoms with Crippen molar-refractivity contribution >= 4 is 0 Å². The summed E-state index contributed by atoms with van der Waals surface area (Å²) in [6, 6.07) is 12.1. The van der Waals surface area contributed by atoms with Gasteiger partial charge in [0.05, 0.1) is 12.2 Å². The molecule has 154 valence electrons. The van der Waals surface area contributed by atoms with E-state index in [0.29, 0.717) is 24.6 Å². The van der Waals surface area contributed by atoms with Crippen molar-refractivity contribution in [2.24, 2.45) is 0 Å². The second kappa shape index (κ2) is 7.28. The van der Waals surface area contributed by atoms with Crippen LogP contribution in [0.2, 0.25) is 0 Å². The third kappa shape index (κ3) is 3.27. The van der Waals surface area contributed by atoms with Crippen LogP contribution in [0.1, 0.15) is 29.9 Å². The van der Waals surface area contributed by atoms with E-state index in [1.54, 1.807) is 29.0 Å². The normalized spacial score (nSPS) is 20.7. The minimum atomic E-state index is -0.615. The van der Waals surface area contributed by atoms with E-state index in [0.717, 1.165) is 31.5 Å². The molecule has 4 heterocycles. The molecule has 3 aromatic rings. The highest BCUT2D eigenvalue weighted by molar-refractivity contribution is 5.20. The summed E-state index contributed by atoms with van der Waals surface area (Å²) in [5.41, 5.74) is 0.220. The zero-order valence-corrected chi connectivity index (χ0v) is 16.5. The Morgan fingerprint density at radius 3 is 2.67 bits per heavy atom. The third-order valence-electron chi connectivity index (χ3n) is 6.19. The van der Waals surface area contributed by atoms with Crippen LogP contribution < -0.4 is 11.1 Å². The zero-order valence-electron chi connectivity index (χ0n) is 16.5. The third-order valence-corrected chi connectivity index (χ3v) is 6.19. The van der Waals surface area contributed by atoms with Gasteiger partial charge in [0.15, 0.2) is 0 Å². The van der Waals surface area contributed by atoms with E-state index in [9.17, 15) is 14.0 Å². The number of aromatic nitrogens is 4. The lowest BCUT2D eigenvalue weighted by molar-refractivity contribution is 0.297. The number of halogens is 1. The quantitative estimate of drug-likeness (QED) is 0.614. The van der Waals surface area contributed by atoms with Gasteiger partial charge in [-0.2, -0.15) is 5.10 Å². The number of rotatable bonds is 4. The van der Waals surface area contributed by atoms with Gasteiger partial charge in [0.2, 0.25) is 0 Å². The number of nitrogens with zero attached hydrogens (tertiary/aromatic N) is 5. The lowest BCUT2D eigenvalue weighted by Crippen LogP contribution is -2.45. The minimum absolute atomic E-state index is 0.172. The van der Waals surface area contributed by atoms with Gasteiger partial charge in [-0.3, -0.25) is 24.0 Å². The van der Waals surface area contributed by atoms with Crippen LogP contribution in [-0.2, 0) is 25.0 Å². The summed E-state index contributed by atoms with van der Waals surface area (Å²) in [7, 11) is 0. The molecule has 0 radical (unpaired) electrons. The largest absolute Gasteiger partial charge is 0.332 e. The Morgan fingerprint density at radius 1 is 1.00 bits per heavy atom. The summed E-state index contributed by atoms with van der Waals surface area (Å²) in [6.45, 7) is 2.90. The highest BCUT2D eigenvalue weighted by atomic mass is 19.1. The van der Waals surface area contributed by atoms with E-state index in [1.807, 2.05) is 18.2 Å². The standard InChI is InChI=1S/C22H22FN5O2/c23-17-5-3-4-16(12-17)13-26-10-7-22(15-26)8-11-27-19(29)20(30)28(25-21(22)27)14-18-6-1-2-9-24-18/h1-6,9,12H,7-8,10-11,13-15H2/t22-/m1/s1. The van der Waals surface area contributed by atoms with Crippen molar-refractivity contribution in [3.8, 4) is 0 Å². The molecule has 2 aliphatic heterocycles. The fourth-order valence-electron chi connectivity index (χ4n) is 4.70. The molecule has 7 nitrogen and oxygen atoms in total. The van der Waals surface area contributed by atoms with Gasteiger partial charge >= 0.3 is 11.1 Å². The molecule has 0 saturated carbocycles. The Labute approximate surface area is 172 Å². The Hall–Kier alpha value is -3.13. The van der Waals surface area contributed by atoms with E-state index in [4.69, 9.17) is 0 Å². The van der Waals surface area contributed by atoms with E-state index in [2.05, 4.69) is 15.0 Å². The molecule has 0 bridgehead atoms. The van der Waals surface area contributed by atoms with Crippen LogP contribution in [0.4, 0.5) is 4.39 Å². The van der Waals surface area contributed by atoms with Crippen molar-refractivity contribution in [1.29, 1.82) is 0 Å². The molecule has 1 fully saturated rings. The fraction of sp³-hybridized carbons (Fsp3) is 0.364. The Balaban J connectivity index is 1.45. The van der Waals surface area contributed by atoms with E-state index < -0.39 is 11.1 Å². The molecule has 5 rings (SSSR count). The first-order chi connectivity index (χ1) is 14.5. The monoisotopic (exact) mass is 407 g/mol. The van der Waals surface area contributed by atoms with Gasteiger partial charge in [-0.25, -0.2) is 9.07 Å². The number of fused-ring (bicyclic) bond motifs is 2. The number of benzene rings is 1. The Bertz CT molecular complexity index is 1210.